The van der Waals surface area contributed by atoms with Crippen LogP contribution in [0.5, 0.6) is 0 Å². The summed E-state index contributed by atoms with van der Waals surface area (Å²) in [5, 5.41) is 9.15. The van der Waals surface area contributed by atoms with Crippen molar-refractivity contribution in [3.8, 4) is 0 Å². The fourth-order valence-corrected chi connectivity index (χ4v) is 4.41. The van der Waals surface area contributed by atoms with Crippen molar-refractivity contribution in [2.75, 3.05) is 4.90 Å². The van der Waals surface area contributed by atoms with Crippen LogP contribution in [0.4, 0.5) is 9.52 Å². The molecule has 0 N–H and O–H groups in total. The van der Waals surface area contributed by atoms with Gasteiger partial charge in [0.15, 0.2) is 4.34 Å². The molecule has 22 heavy (non-hydrogen) atoms. The number of hydrogen-bond acceptors (Lipinski definition) is 5. The number of carbonyl (C=O) groups is 1. The molecule has 1 aromatic heterocycles. The lowest BCUT2D eigenvalue weighted by Crippen LogP contribution is -2.30. The highest BCUT2D eigenvalue weighted by Gasteiger charge is 2.34. The Bertz CT molecular complexity index is 670. The fraction of sp³-hybridized carbons (Fsp3) is 0.400. The number of carbonyl (C=O) groups excluding carboxylic acids is 1. The largest absolute Gasteiger partial charge is 0.284 e. The van der Waals surface area contributed by atoms with Gasteiger partial charge in [-0.05, 0) is 37.5 Å². The van der Waals surface area contributed by atoms with Crippen molar-refractivity contribution >= 4 is 34.1 Å². The molecule has 0 bridgehead atoms. The van der Waals surface area contributed by atoms with Gasteiger partial charge in [0, 0.05) is 18.2 Å². The Morgan fingerprint density at radius 2 is 2.05 bits per heavy atom. The maximum Gasteiger partial charge on any atom is 0.225 e. The predicted octanol–water partition coefficient (Wildman–Crippen LogP) is 4.05. The van der Waals surface area contributed by atoms with Crippen LogP contribution in [-0.4, -0.2) is 22.1 Å². The van der Waals surface area contributed by atoms with Crippen molar-refractivity contribution < 1.29 is 9.18 Å². The summed E-state index contributed by atoms with van der Waals surface area (Å²) in [6.45, 7) is 3.61. The van der Waals surface area contributed by atoms with Crippen LogP contribution < -0.4 is 4.90 Å². The maximum atomic E-state index is 13.0. The highest BCUT2D eigenvalue weighted by atomic mass is 32.2. The minimum atomic E-state index is -0.235. The Kier molecular flexibility index (Phi) is 4.44. The number of hydrogen-bond donors (Lipinski definition) is 0. The molecular formula is C15H16FN3OS2. The molecule has 7 heteroatoms. The van der Waals surface area contributed by atoms with Gasteiger partial charge >= 0.3 is 0 Å². The summed E-state index contributed by atoms with van der Waals surface area (Å²) in [7, 11) is 0. The molecule has 1 aliphatic rings. The van der Waals surface area contributed by atoms with Crippen LogP contribution in [0, 0.1) is 5.82 Å². The van der Waals surface area contributed by atoms with Crippen molar-refractivity contribution in [1.29, 1.82) is 0 Å². The molecule has 0 radical (unpaired) electrons. The summed E-state index contributed by atoms with van der Waals surface area (Å²) < 4.78 is 13.8. The van der Waals surface area contributed by atoms with Gasteiger partial charge in [0.05, 0.1) is 0 Å². The van der Waals surface area contributed by atoms with E-state index in [2.05, 4.69) is 10.2 Å². The van der Waals surface area contributed by atoms with Crippen LogP contribution in [-0.2, 0) is 4.79 Å². The first-order valence-electron chi connectivity index (χ1n) is 7.10. The third kappa shape index (κ3) is 3.47. The van der Waals surface area contributed by atoms with Gasteiger partial charge in [-0.2, -0.15) is 0 Å². The Hall–Kier alpha value is -1.47. The van der Waals surface area contributed by atoms with Crippen molar-refractivity contribution in [3.63, 3.8) is 0 Å². The van der Waals surface area contributed by atoms with Crippen LogP contribution in [0.2, 0.25) is 0 Å². The molecule has 0 spiro atoms. The quantitative estimate of drug-likeness (QED) is 0.610. The fourth-order valence-electron chi connectivity index (χ4n) is 2.18. The number of nitrogens with zero attached hydrogens (tertiary/aromatic N) is 3. The van der Waals surface area contributed by atoms with Crippen LogP contribution in [0.1, 0.15) is 37.5 Å². The van der Waals surface area contributed by atoms with Gasteiger partial charge in [0.1, 0.15) is 5.82 Å². The zero-order chi connectivity index (χ0) is 15.7. The van der Waals surface area contributed by atoms with Gasteiger partial charge in [-0.15, -0.1) is 10.2 Å². The second-order valence-corrected chi connectivity index (χ2v) is 7.83. The third-order valence-electron chi connectivity index (χ3n) is 3.47. The molecule has 3 rings (SSSR count). The van der Waals surface area contributed by atoms with Gasteiger partial charge in [0.25, 0.3) is 0 Å². The Morgan fingerprint density at radius 1 is 1.36 bits per heavy atom. The van der Waals surface area contributed by atoms with E-state index in [4.69, 9.17) is 0 Å². The van der Waals surface area contributed by atoms with Crippen molar-refractivity contribution in [3.05, 3.63) is 35.6 Å². The molecule has 1 fully saturated rings. The molecule has 0 saturated heterocycles. The molecule has 1 aromatic carbocycles. The molecule has 1 saturated carbocycles. The van der Waals surface area contributed by atoms with Crippen molar-refractivity contribution in [1.82, 2.24) is 10.2 Å². The Labute approximate surface area is 136 Å². The first-order chi connectivity index (χ1) is 10.5. The summed E-state index contributed by atoms with van der Waals surface area (Å²) >= 11 is 3.00. The monoisotopic (exact) mass is 337 g/mol. The van der Waals surface area contributed by atoms with E-state index in [1.165, 1.54) is 23.5 Å². The summed E-state index contributed by atoms with van der Waals surface area (Å²) in [6, 6.07) is 6.77. The van der Waals surface area contributed by atoms with Crippen LogP contribution >= 0.6 is 23.1 Å². The number of halogens is 1. The van der Waals surface area contributed by atoms with Crippen molar-refractivity contribution in [2.45, 2.75) is 42.3 Å². The molecule has 2 aromatic rings. The average molecular weight is 337 g/mol. The number of benzene rings is 1. The molecule has 0 unspecified atom stereocenters. The Balaban J connectivity index is 1.71. The highest BCUT2D eigenvalue weighted by Crippen LogP contribution is 2.40. The van der Waals surface area contributed by atoms with Crippen LogP contribution in [0.25, 0.3) is 0 Å². The second-order valence-electron chi connectivity index (χ2n) is 5.28. The molecule has 1 aliphatic carbocycles. The smallest absolute Gasteiger partial charge is 0.225 e. The van der Waals surface area contributed by atoms with E-state index in [9.17, 15) is 9.18 Å². The number of anilines is 1. The lowest BCUT2D eigenvalue weighted by atomic mass is 10.2. The molecule has 1 heterocycles. The molecule has 1 atom stereocenters. The summed E-state index contributed by atoms with van der Waals surface area (Å²) in [5.74, 6) is -0.220. The van der Waals surface area contributed by atoms with Crippen LogP contribution in [0.3, 0.4) is 0 Å². The number of amides is 1. The molecule has 4 nitrogen and oxygen atoms in total. The summed E-state index contributed by atoms with van der Waals surface area (Å²) in [5.41, 5.74) is 1.04. The zero-order valence-electron chi connectivity index (χ0n) is 12.3. The second kappa shape index (κ2) is 6.34. The standard InChI is InChI=1S/C15H16FN3OS2/c1-9(11-3-5-12(16)6-4-11)21-15-18-17-14(22-15)19(10(2)20)13-7-8-13/h3-6,9,13H,7-8H2,1-2H3/t9-/m0/s1. The lowest BCUT2D eigenvalue weighted by Gasteiger charge is -2.15. The highest BCUT2D eigenvalue weighted by molar-refractivity contribution is 8.01. The maximum absolute atomic E-state index is 13.0. The molecule has 116 valence electrons. The van der Waals surface area contributed by atoms with Gasteiger partial charge in [0.2, 0.25) is 11.0 Å². The van der Waals surface area contributed by atoms with Crippen molar-refractivity contribution in [2.24, 2.45) is 0 Å². The van der Waals surface area contributed by atoms with E-state index in [1.807, 2.05) is 6.92 Å². The van der Waals surface area contributed by atoms with E-state index in [1.54, 1.807) is 35.7 Å². The number of thioether (sulfide) groups is 1. The topological polar surface area (TPSA) is 46.1 Å². The molecule has 1 amide bonds. The Morgan fingerprint density at radius 3 is 2.64 bits per heavy atom. The SMILES string of the molecule is CC(=O)N(c1nnc(S[C@@H](C)c2ccc(F)cc2)s1)C1CC1. The number of aromatic nitrogens is 2. The van der Waals surface area contributed by atoms with E-state index in [-0.39, 0.29) is 23.0 Å². The van der Waals surface area contributed by atoms with Gasteiger partial charge in [-0.25, -0.2) is 4.39 Å². The van der Waals surface area contributed by atoms with Gasteiger partial charge in [-0.3, -0.25) is 9.69 Å². The minimum Gasteiger partial charge on any atom is -0.284 e. The van der Waals surface area contributed by atoms with Gasteiger partial charge in [-0.1, -0.05) is 35.2 Å². The predicted molar refractivity (Wildman–Crippen MR) is 86.8 cm³/mol. The molecule has 0 aliphatic heterocycles. The summed E-state index contributed by atoms with van der Waals surface area (Å²) in [4.78, 5) is 13.5. The first-order valence-corrected chi connectivity index (χ1v) is 8.79. The van der Waals surface area contributed by atoms with Gasteiger partial charge < -0.3 is 0 Å². The van der Waals surface area contributed by atoms with E-state index < -0.39 is 0 Å². The minimum absolute atomic E-state index is 0.0155. The first kappa shape index (κ1) is 15.4. The average Bonchev–Trinajstić information content (AvgIpc) is 3.19. The lowest BCUT2D eigenvalue weighted by molar-refractivity contribution is -0.116. The van der Waals surface area contributed by atoms with Crippen LogP contribution in [0.15, 0.2) is 28.6 Å². The van der Waals surface area contributed by atoms with E-state index in [0.717, 1.165) is 22.7 Å². The molecular weight excluding hydrogens is 321 g/mol. The number of rotatable bonds is 5. The zero-order valence-corrected chi connectivity index (χ0v) is 14.0. The normalized spacial score (nSPS) is 15.6. The van der Waals surface area contributed by atoms with E-state index in [0.29, 0.717) is 5.13 Å². The van der Waals surface area contributed by atoms with E-state index >= 15 is 0 Å². The third-order valence-corrected chi connectivity index (χ3v) is 5.64. The summed E-state index contributed by atoms with van der Waals surface area (Å²) in [6.07, 6.45) is 2.07.